The van der Waals surface area contributed by atoms with Crippen LogP contribution in [-0.4, -0.2) is 18.5 Å². The Labute approximate surface area is 67.9 Å². The quantitative estimate of drug-likeness (QED) is 0.388. The summed E-state index contributed by atoms with van der Waals surface area (Å²) in [5.74, 6) is -4.12. The summed E-state index contributed by atoms with van der Waals surface area (Å²) < 4.78 is 48.5. The van der Waals surface area contributed by atoms with Crippen molar-refractivity contribution >= 4 is 0 Å². The Hall–Kier alpha value is -0.360. The standard InChI is InChI=1S/C6H12F4N2/c7-5(8,6(9,10)12)3-1-2-4-11/h1-4,11-12H2. The van der Waals surface area contributed by atoms with Crippen molar-refractivity contribution in [2.45, 2.75) is 31.2 Å². The molecule has 0 atom stereocenters. The van der Waals surface area contributed by atoms with Gasteiger partial charge < -0.3 is 5.73 Å². The highest BCUT2D eigenvalue weighted by Crippen LogP contribution is 2.33. The van der Waals surface area contributed by atoms with Crippen molar-refractivity contribution in [3.05, 3.63) is 0 Å². The van der Waals surface area contributed by atoms with Crippen LogP contribution in [0.1, 0.15) is 19.3 Å². The molecule has 0 bridgehead atoms. The number of nitrogens with two attached hydrogens (primary N) is 2. The van der Waals surface area contributed by atoms with Crippen LogP contribution in [0.2, 0.25) is 0 Å². The van der Waals surface area contributed by atoms with Crippen LogP contribution in [0.3, 0.4) is 0 Å². The topological polar surface area (TPSA) is 52.0 Å². The molecule has 0 saturated heterocycles. The maximum atomic E-state index is 12.3. The smallest absolute Gasteiger partial charge is 0.330 e. The van der Waals surface area contributed by atoms with E-state index in [4.69, 9.17) is 5.73 Å². The molecule has 6 heteroatoms. The zero-order chi connectivity index (χ0) is 9.83. The molecule has 0 aliphatic carbocycles. The highest BCUT2D eigenvalue weighted by atomic mass is 19.3. The van der Waals surface area contributed by atoms with Crippen molar-refractivity contribution in [1.82, 2.24) is 0 Å². The maximum absolute atomic E-state index is 12.3. The molecule has 0 aliphatic rings. The molecule has 74 valence electrons. The molecule has 0 amide bonds. The summed E-state index contributed by atoms with van der Waals surface area (Å²) in [4.78, 5) is 0. The molecule has 0 aromatic rings. The first-order valence-corrected chi connectivity index (χ1v) is 3.56. The van der Waals surface area contributed by atoms with Gasteiger partial charge in [-0.05, 0) is 19.4 Å². The van der Waals surface area contributed by atoms with Crippen LogP contribution in [0.4, 0.5) is 17.6 Å². The molecule has 0 rings (SSSR count). The van der Waals surface area contributed by atoms with Gasteiger partial charge in [-0.2, -0.15) is 17.6 Å². The van der Waals surface area contributed by atoms with E-state index in [1.54, 1.807) is 0 Å². The van der Waals surface area contributed by atoms with Crippen LogP contribution in [0.5, 0.6) is 0 Å². The number of unbranched alkanes of at least 4 members (excludes halogenated alkanes) is 1. The van der Waals surface area contributed by atoms with E-state index in [1.165, 1.54) is 0 Å². The van der Waals surface area contributed by atoms with E-state index in [9.17, 15) is 17.6 Å². The van der Waals surface area contributed by atoms with Gasteiger partial charge in [0.25, 0.3) is 0 Å². The lowest BCUT2D eigenvalue weighted by atomic mass is 10.1. The molecule has 2 nitrogen and oxygen atoms in total. The third-order valence-electron chi connectivity index (χ3n) is 1.43. The predicted octanol–water partition coefficient (Wildman–Crippen LogP) is 1.30. The Bertz CT molecular complexity index is 132. The zero-order valence-corrected chi connectivity index (χ0v) is 6.49. The number of alkyl halides is 4. The van der Waals surface area contributed by atoms with Crippen molar-refractivity contribution in [3.8, 4) is 0 Å². The van der Waals surface area contributed by atoms with Crippen molar-refractivity contribution in [2.24, 2.45) is 11.5 Å². The molecule has 4 N–H and O–H groups in total. The Balaban J connectivity index is 3.88. The minimum atomic E-state index is -4.43. The second-order valence-corrected chi connectivity index (χ2v) is 2.57. The van der Waals surface area contributed by atoms with E-state index in [-0.39, 0.29) is 13.0 Å². The third-order valence-corrected chi connectivity index (χ3v) is 1.43. The highest BCUT2D eigenvalue weighted by Gasteiger charge is 2.52. The molecule has 12 heavy (non-hydrogen) atoms. The normalized spacial score (nSPS) is 13.5. The van der Waals surface area contributed by atoms with Gasteiger partial charge in [-0.25, -0.2) is 0 Å². The van der Waals surface area contributed by atoms with E-state index >= 15 is 0 Å². The van der Waals surface area contributed by atoms with Gasteiger partial charge in [0.1, 0.15) is 0 Å². The van der Waals surface area contributed by atoms with Crippen LogP contribution >= 0.6 is 0 Å². The summed E-state index contributed by atoms with van der Waals surface area (Å²) in [5, 5.41) is 0. The fourth-order valence-electron chi connectivity index (χ4n) is 0.658. The highest BCUT2D eigenvalue weighted by molar-refractivity contribution is 4.78. The van der Waals surface area contributed by atoms with Crippen LogP contribution < -0.4 is 11.5 Å². The Morgan fingerprint density at radius 2 is 1.50 bits per heavy atom. The van der Waals surface area contributed by atoms with Gasteiger partial charge in [-0.3, -0.25) is 5.73 Å². The Morgan fingerprint density at radius 3 is 1.83 bits per heavy atom. The van der Waals surface area contributed by atoms with Gasteiger partial charge in [0, 0.05) is 6.42 Å². The molecular formula is C6H12F4N2. The number of hydrogen-bond donors (Lipinski definition) is 2. The molecule has 0 saturated carbocycles. The van der Waals surface area contributed by atoms with Gasteiger partial charge in [-0.1, -0.05) is 0 Å². The fourth-order valence-corrected chi connectivity index (χ4v) is 0.658. The van der Waals surface area contributed by atoms with E-state index in [2.05, 4.69) is 5.73 Å². The van der Waals surface area contributed by atoms with Crippen molar-refractivity contribution in [3.63, 3.8) is 0 Å². The molecule has 0 radical (unpaired) electrons. The number of rotatable bonds is 5. The minimum absolute atomic E-state index is 0.0453. The largest absolute Gasteiger partial charge is 0.362 e. The van der Waals surface area contributed by atoms with E-state index in [0.717, 1.165) is 0 Å². The van der Waals surface area contributed by atoms with Gasteiger partial charge >= 0.3 is 12.0 Å². The van der Waals surface area contributed by atoms with Crippen molar-refractivity contribution < 1.29 is 17.6 Å². The second-order valence-electron chi connectivity index (χ2n) is 2.57. The monoisotopic (exact) mass is 188 g/mol. The molecule has 0 aromatic carbocycles. The summed E-state index contributed by atoms with van der Waals surface area (Å²) >= 11 is 0. The molecular weight excluding hydrogens is 176 g/mol. The minimum Gasteiger partial charge on any atom is -0.330 e. The fraction of sp³-hybridized carbons (Fsp3) is 1.00. The first kappa shape index (κ1) is 11.6. The first-order chi connectivity index (χ1) is 5.31. The van der Waals surface area contributed by atoms with Gasteiger partial charge in [0.2, 0.25) is 0 Å². The third kappa shape index (κ3) is 3.36. The van der Waals surface area contributed by atoms with Crippen LogP contribution in [0.25, 0.3) is 0 Å². The SMILES string of the molecule is NCCCCC(F)(F)C(N)(F)F. The van der Waals surface area contributed by atoms with Crippen molar-refractivity contribution in [1.29, 1.82) is 0 Å². The lowest BCUT2D eigenvalue weighted by Gasteiger charge is -2.22. The summed E-state index contributed by atoms with van der Waals surface area (Å²) in [6.45, 7) is 0.215. The second kappa shape index (κ2) is 4.04. The number of hydrogen-bond acceptors (Lipinski definition) is 2. The molecule has 0 fully saturated rings. The van der Waals surface area contributed by atoms with E-state index < -0.39 is 18.4 Å². The lowest BCUT2D eigenvalue weighted by molar-refractivity contribution is -0.208. The Morgan fingerprint density at radius 1 is 1.00 bits per heavy atom. The van der Waals surface area contributed by atoms with Crippen LogP contribution in [-0.2, 0) is 0 Å². The van der Waals surface area contributed by atoms with Gasteiger partial charge in [0.05, 0.1) is 0 Å². The molecule has 0 aromatic heterocycles. The average molecular weight is 188 g/mol. The number of halogens is 4. The molecule has 0 unspecified atom stereocenters. The van der Waals surface area contributed by atoms with Crippen LogP contribution in [0.15, 0.2) is 0 Å². The summed E-state index contributed by atoms with van der Waals surface area (Å²) in [5.41, 5.74) is 8.98. The lowest BCUT2D eigenvalue weighted by Crippen LogP contribution is -2.48. The molecule has 0 heterocycles. The predicted molar refractivity (Wildman–Crippen MR) is 37.0 cm³/mol. The summed E-state index contributed by atoms with van der Waals surface area (Å²) in [6.07, 6.45) is -0.671. The molecule has 0 aliphatic heterocycles. The average Bonchev–Trinajstić information content (AvgIpc) is 1.85. The maximum Gasteiger partial charge on any atom is 0.362 e. The molecule has 0 spiro atoms. The summed E-state index contributed by atoms with van der Waals surface area (Å²) in [7, 11) is 0. The van der Waals surface area contributed by atoms with E-state index in [0.29, 0.717) is 6.42 Å². The Kier molecular flexibility index (Phi) is 3.92. The zero-order valence-electron chi connectivity index (χ0n) is 6.49. The van der Waals surface area contributed by atoms with Gasteiger partial charge in [-0.15, -0.1) is 0 Å². The van der Waals surface area contributed by atoms with Crippen LogP contribution in [0, 0.1) is 0 Å². The van der Waals surface area contributed by atoms with E-state index in [1.807, 2.05) is 0 Å². The first-order valence-electron chi connectivity index (χ1n) is 3.56. The van der Waals surface area contributed by atoms with Crippen molar-refractivity contribution in [2.75, 3.05) is 6.54 Å². The summed E-state index contributed by atoms with van der Waals surface area (Å²) in [6, 6.07) is -4.43. The van der Waals surface area contributed by atoms with Gasteiger partial charge in [0.15, 0.2) is 0 Å².